The number of hydrogen-bond acceptors (Lipinski definition) is 5. The molecule has 1 aliphatic heterocycles. The Bertz CT molecular complexity index is 599. The standard InChI is InChI=1S/C13H21N5O3S/c1-3-22(20,21)17(2)11-5-8-18(9-6-11)13(19)16-12-4-7-14-10-15-12/h4,7,10-11H,3,5-6,8-9H2,1-2H3,(H,14,15,16,19). The van der Waals surface area contributed by atoms with E-state index >= 15 is 0 Å². The molecule has 2 rings (SSSR count). The monoisotopic (exact) mass is 327 g/mol. The van der Waals surface area contributed by atoms with Gasteiger partial charge in [-0.2, -0.15) is 0 Å². The molecule has 0 atom stereocenters. The van der Waals surface area contributed by atoms with Crippen LogP contribution in [0.5, 0.6) is 0 Å². The highest BCUT2D eigenvalue weighted by atomic mass is 32.2. The number of anilines is 1. The van der Waals surface area contributed by atoms with Crippen LogP contribution >= 0.6 is 0 Å². The van der Waals surface area contributed by atoms with Crippen molar-refractivity contribution in [3.8, 4) is 0 Å². The quantitative estimate of drug-likeness (QED) is 0.880. The number of rotatable bonds is 4. The molecule has 1 aliphatic rings. The maximum atomic E-state index is 12.1. The lowest BCUT2D eigenvalue weighted by Crippen LogP contribution is -2.48. The summed E-state index contributed by atoms with van der Waals surface area (Å²) < 4.78 is 25.2. The lowest BCUT2D eigenvalue weighted by molar-refractivity contribution is 0.174. The average molecular weight is 327 g/mol. The molecule has 0 saturated carbocycles. The summed E-state index contributed by atoms with van der Waals surface area (Å²) in [6.07, 6.45) is 4.19. The van der Waals surface area contributed by atoms with Crippen LogP contribution in [0.4, 0.5) is 10.6 Å². The zero-order valence-electron chi connectivity index (χ0n) is 12.8. The van der Waals surface area contributed by atoms with Gasteiger partial charge in [-0.25, -0.2) is 27.5 Å². The lowest BCUT2D eigenvalue weighted by Gasteiger charge is -2.35. The molecule has 1 saturated heterocycles. The summed E-state index contributed by atoms with van der Waals surface area (Å²) in [6, 6.07) is 1.35. The van der Waals surface area contributed by atoms with Gasteiger partial charge < -0.3 is 4.90 Å². The van der Waals surface area contributed by atoms with E-state index in [2.05, 4.69) is 15.3 Å². The number of amides is 2. The highest BCUT2D eigenvalue weighted by molar-refractivity contribution is 7.89. The van der Waals surface area contributed by atoms with Crippen LogP contribution in [-0.4, -0.2) is 65.6 Å². The first-order valence-electron chi connectivity index (χ1n) is 7.21. The van der Waals surface area contributed by atoms with E-state index in [4.69, 9.17) is 0 Å². The fourth-order valence-electron chi connectivity index (χ4n) is 2.42. The number of carbonyl (C=O) groups excluding carboxylic acids is 1. The van der Waals surface area contributed by atoms with Gasteiger partial charge in [0.1, 0.15) is 12.1 Å². The van der Waals surface area contributed by atoms with Crippen LogP contribution in [0, 0.1) is 0 Å². The minimum absolute atomic E-state index is 0.0481. The number of hydrogen-bond donors (Lipinski definition) is 1. The SMILES string of the molecule is CCS(=O)(=O)N(C)C1CCN(C(=O)Nc2ccncn2)CC1. The predicted molar refractivity (Wildman–Crippen MR) is 82.9 cm³/mol. The fourth-order valence-corrected chi connectivity index (χ4v) is 3.49. The van der Waals surface area contributed by atoms with Gasteiger partial charge in [0.2, 0.25) is 10.0 Å². The predicted octanol–water partition coefficient (Wildman–Crippen LogP) is 0.754. The number of aromatic nitrogens is 2. The third kappa shape index (κ3) is 3.92. The molecule has 1 fully saturated rings. The number of sulfonamides is 1. The number of likely N-dealkylation sites (tertiary alicyclic amines) is 1. The molecule has 2 amide bonds. The van der Waals surface area contributed by atoms with E-state index in [1.807, 2.05) is 0 Å². The topological polar surface area (TPSA) is 95.5 Å². The van der Waals surface area contributed by atoms with Crippen LogP contribution in [0.3, 0.4) is 0 Å². The Kier molecular flexibility index (Phi) is 5.30. The van der Waals surface area contributed by atoms with Gasteiger partial charge in [0.15, 0.2) is 0 Å². The van der Waals surface area contributed by atoms with Crippen molar-refractivity contribution in [2.24, 2.45) is 0 Å². The van der Waals surface area contributed by atoms with Crippen LogP contribution in [0.2, 0.25) is 0 Å². The molecule has 8 nitrogen and oxygen atoms in total. The Morgan fingerprint density at radius 1 is 1.45 bits per heavy atom. The molecular formula is C13H21N5O3S. The van der Waals surface area contributed by atoms with E-state index in [0.29, 0.717) is 31.7 Å². The summed E-state index contributed by atoms with van der Waals surface area (Å²) in [7, 11) is -1.58. The van der Waals surface area contributed by atoms with Gasteiger partial charge in [0, 0.05) is 32.4 Å². The van der Waals surface area contributed by atoms with Crippen molar-refractivity contribution in [2.45, 2.75) is 25.8 Å². The highest BCUT2D eigenvalue weighted by Crippen LogP contribution is 2.18. The molecule has 2 heterocycles. The zero-order chi connectivity index (χ0) is 16.2. The third-order valence-corrected chi connectivity index (χ3v) is 5.79. The van der Waals surface area contributed by atoms with Gasteiger partial charge in [-0.15, -0.1) is 0 Å². The smallest absolute Gasteiger partial charge is 0.323 e. The molecule has 122 valence electrons. The van der Waals surface area contributed by atoms with Crippen molar-refractivity contribution < 1.29 is 13.2 Å². The second-order valence-corrected chi connectivity index (χ2v) is 7.48. The van der Waals surface area contributed by atoms with Crippen LogP contribution in [0.15, 0.2) is 18.6 Å². The van der Waals surface area contributed by atoms with Crippen LogP contribution in [-0.2, 0) is 10.0 Å². The maximum absolute atomic E-state index is 12.1. The van der Waals surface area contributed by atoms with E-state index in [1.165, 1.54) is 10.6 Å². The molecule has 0 bridgehead atoms. The van der Waals surface area contributed by atoms with Gasteiger partial charge in [0.25, 0.3) is 0 Å². The van der Waals surface area contributed by atoms with Gasteiger partial charge in [-0.1, -0.05) is 0 Å². The maximum Gasteiger partial charge on any atom is 0.323 e. The van der Waals surface area contributed by atoms with E-state index in [1.54, 1.807) is 31.1 Å². The van der Waals surface area contributed by atoms with Crippen LogP contribution in [0.1, 0.15) is 19.8 Å². The second kappa shape index (κ2) is 7.01. The van der Waals surface area contributed by atoms with Crippen molar-refractivity contribution >= 4 is 21.9 Å². The van der Waals surface area contributed by atoms with Crippen molar-refractivity contribution in [1.82, 2.24) is 19.2 Å². The molecule has 0 spiro atoms. The molecule has 0 radical (unpaired) electrons. The molecule has 1 N–H and O–H groups in total. The number of piperidine rings is 1. The van der Waals surface area contributed by atoms with Crippen molar-refractivity contribution in [2.75, 3.05) is 31.2 Å². The van der Waals surface area contributed by atoms with Gasteiger partial charge in [0.05, 0.1) is 5.75 Å². The number of nitrogens with zero attached hydrogens (tertiary/aromatic N) is 4. The summed E-state index contributed by atoms with van der Waals surface area (Å²) in [6.45, 7) is 2.67. The summed E-state index contributed by atoms with van der Waals surface area (Å²) in [4.78, 5) is 21.5. The Labute approximate surface area is 130 Å². The van der Waals surface area contributed by atoms with Crippen molar-refractivity contribution in [3.05, 3.63) is 18.6 Å². The van der Waals surface area contributed by atoms with Gasteiger partial charge in [-0.3, -0.25) is 5.32 Å². The molecular weight excluding hydrogens is 306 g/mol. The van der Waals surface area contributed by atoms with E-state index < -0.39 is 10.0 Å². The Balaban J connectivity index is 1.88. The summed E-state index contributed by atoms with van der Waals surface area (Å²) in [5.74, 6) is 0.547. The first-order chi connectivity index (χ1) is 10.4. The molecule has 22 heavy (non-hydrogen) atoms. The van der Waals surface area contributed by atoms with Gasteiger partial charge in [-0.05, 0) is 25.8 Å². The highest BCUT2D eigenvalue weighted by Gasteiger charge is 2.30. The second-order valence-electron chi connectivity index (χ2n) is 5.16. The molecule has 0 aromatic carbocycles. The van der Waals surface area contributed by atoms with E-state index in [0.717, 1.165) is 0 Å². The normalized spacial score (nSPS) is 16.8. The third-order valence-electron chi connectivity index (χ3n) is 3.89. The van der Waals surface area contributed by atoms with Crippen molar-refractivity contribution in [1.29, 1.82) is 0 Å². The molecule has 9 heteroatoms. The Morgan fingerprint density at radius 2 is 2.14 bits per heavy atom. The first-order valence-corrected chi connectivity index (χ1v) is 8.82. The lowest BCUT2D eigenvalue weighted by atomic mass is 10.1. The summed E-state index contributed by atoms with van der Waals surface area (Å²) >= 11 is 0. The molecule has 1 aromatic heterocycles. The van der Waals surface area contributed by atoms with E-state index in [-0.39, 0.29) is 17.8 Å². The Hall–Kier alpha value is -1.74. The minimum atomic E-state index is -3.19. The van der Waals surface area contributed by atoms with Crippen LogP contribution < -0.4 is 5.32 Å². The van der Waals surface area contributed by atoms with Crippen LogP contribution in [0.25, 0.3) is 0 Å². The van der Waals surface area contributed by atoms with E-state index in [9.17, 15) is 13.2 Å². The number of nitrogens with one attached hydrogen (secondary N) is 1. The summed E-state index contributed by atoms with van der Waals surface area (Å²) in [5.41, 5.74) is 0. The minimum Gasteiger partial charge on any atom is -0.324 e. The number of carbonyl (C=O) groups is 1. The van der Waals surface area contributed by atoms with Crippen molar-refractivity contribution in [3.63, 3.8) is 0 Å². The largest absolute Gasteiger partial charge is 0.324 e. The first kappa shape index (κ1) is 16.6. The zero-order valence-corrected chi connectivity index (χ0v) is 13.6. The fraction of sp³-hybridized carbons (Fsp3) is 0.615. The molecule has 0 aliphatic carbocycles. The molecule has 1 aromatic rings. The average Bonchev–Trinajstić information content (AvgIpc) is 2.55. The summed E-state index contributed by atoms with van der Waals surface area (Å²) in [5, 5.41) is 2.70. The number of urea groups is 1. The Morgan fingerprint density at radius 3 is 2.68 bits per heavy atom. The molecule has 0 unspecified atom stereocenters. The van der Waals surface area contributed by atoms with Gasteiger partial charge >= 0.3 is 6.03 Å².